The van der Waals surface area contributed by atoms with Crippen LogP contribution in [-0.4, -0.2) is 86.0 Å². The number of unbranched alkanes of at least 4 members (excludes halogenated alkanes) is 4. The van der Waals surface area contributed by atoms with Gasteiger partial charge in [0.2, 0.25) is 0 Å². The van der Waals surface area contributed by atoms with Gasteiger partial charge in [-0.15, -0.1) is 6.58 Å². The summed E-state index contributed by atoms with van der Waals surface area (Å²) in [6.07, 6.45) is -2.50. The van der Waals surface area contributed by atoms with Crippen LogP contribution < -0.4 is 5.32 Å². The molecular weight excluding hydrogens is 447 g/mol. The quantitative estimate of drug-likeness (QED) is 0.228. The fourth-order valence-corrected chi connectivity index (χ4v) is 3.65. The normalized spacial score (nSPS) is 26.7. The number of rotatable bonds is 16. The molecule has 1 rings (SSSR count). The number of hydrogen-bond acceptors (Lipinski definition) is 7. The molecule has 0 radical (unpaired) electrons. The van der Waals surface area contributed by atoms with E-state index in [9.17, 15) is 28.2 Å². The third kappa shape index (κ3) is 10.3. The van der Waals surface area contributed by atoms with Gasteiger partial charge in [-0.1, -0.05) is 45.1 Å². The van der Waals surface area contributed by atoms with Crippen LogP contribution in [0.25, 0.3) is 0 Å². The van der Waals surface area contributed by atoms with E-state index >= 15 is 0 Å². The van der Waals surface area contributed by atoms with Crippen molar-refractivity contribution < 1.29 is 47.1 Å². The number of methoxy groups -OCH3 is 1. The van der Waals surface area contributed by atoms with Crippen LogP contribution >= 0.6 is 0 Å². The Balaban J connectivity index is 2.83. The molecule has 0 aromatic rings. The van der Waals surface area contributed by atoms with Crippen molar-refractivity contribution >= 4 is 5.91 Å². The average molecular weight is 486 g/mol. The number of ether oxygens (including phenoxy) is 4. The van der Waals surface area contributed by atoms with Crippen LogP contribution in [0.15, 0.2) is 12.7 Å². The lowest BCUT2D eigenvalue weighted by Crippen LogP contribution is -2.66. The molecule has 3 N–H and O–H groups in total. The summed E-state index contributed by atoms with van der Waals surface area (Å²) in [6.45, 7) is 4.96. The molecule has 1 heterocycles. The fourth-order valence-electron chi connectivity index (χ4n) is 3.65. The summed E-state index contributed by atoms with van der Waals surface area (Å²) in [5.41, 5.74) is 0. The molecule has 1 saturated heterocycles. The second kappa shape index (κ2) is 15.6. The molecule has 1 amide bonds. The van der Waals surface area contributed by atoms with Gasteiger partial charge >= 0.3 is 12.1 Å². The maximum absolute atomic E-state index is 12.9. The molecule has 1 aliphatic heterocycles. The van der Waals surface area contributed by atoms with Crippen LogP contribution in [0.3, 0.4) is 0 Å². The van der Waals surface area contributed by atoms with E-state index in [2.05, 4.69) is 13.5 Å². The van der Waals surface area contributed by atoms with E-state index in [0.717, 1.165) is 32.1 Å². The fraction of sp³-hybridized carbons (Fsp3) is 0.864. The Morgan fingerprint density at radius 2 is 1.91 bits per heavy atom. The molecule has 0 bridgehead atoms. The van der Waals surface area contributed by atoms with Gasteiger partial charge in [0.05, 0.1) is 19.3 Å². The summed E-state index contributed by atoms with van der Waals surface area (Å²) < 4.78 is 60.6. The summed E-state index contributed by atoms with van der Waals surface area (Å²) in [5.74, 6) is -2.21. The maximum atomic E-state index is 12.9. The van der Waals surface area contributed by atoms with Gasteiger partial charge in [-0.05, 0) is 12.8 Å². The maximum Gasteiger partial charge on any atom is 0.471 e. The number of nitrogens with one attached hydrogen (secondary N) is 1. The summed E-state index contributed by atoms with van der Waals surface area (Å²) >= 11 is 0. The van der Waals surface area contributed by atoms with Crippen LogP contribution in [0.4, 0.5) is 13.2 Å². The number of aliphatic hydroxyl groups excluding tert-OH is 2. The first-order valence-electron chi connectivity index (χ1n) is 11.4. The first kappa shape index (κ1) is 29.8. The van der Waals surface area contributed by atoms with Gasteiger partial charge in [0.1, 0.15) is 24.4 Å². The zero-order valence-electron chi connectivity index (χ0n) is 19.4. The number of halogens is 3. The SMILES string of the molecule is C=CCOC1OC(CO)C(O)C(OCCC(CCCCCCC)OC)C1NC(=O)C(F)(F)F. The molecule has 1 fully saturated rings. The predicted molar refractivity (Wildman–Crippen MR) is 114 cm³/mol. The zero-order chi connectivity index (χ0) is 24.9. The molecule has 0 aliphatic carbocycles. The van der Waals surface area contributed by atoms with Crippen molar-refractivity contribution in [2.75, 3.05) is 26.9 Å². The van der Waals surface area contributed by atoms with Gasteiger partial charge in [0, 0.05) is 13.7 Å². The highest BCUT2D eigenvalue weighted by Crippen LogP contribution is 2.26. The lowest BCUT2D eigenvalue weighted by atomic mass is 9.96. The molecule has 6 unspecified atom stereocenters. The lowest BCUT2D eigenvalue weighted by Gasteiger charge is -2.44. The van der Waals surface area contributed by atoms with Gasteiger partial charge in [0.25, 0.3) is 0 Å². The molecule has 0 aromatic heterocycles. The van der Waals surface area contributed by atoms with Crippen molar-refractivity contribution in [3.63, 3.8) is 0 Å². The standard InChI is InChI=1S/C22H38F3NO7/c1-4-6-7-8-9-10-15(30-3)11-13-31-19-17(26-21(29)22(23,24)25)20(32-12-5-2)33-16(14-27)18(19)28/h5,15-20,27-28H,2,4,6-14H2,1,3H3,(H,26,29). The van der Waals surface area contributed by atoms with Crippen LogP contribution in [0.2, 0.25) is 0 Å². The highest BCUT2D eigenvalue weighted by Gasteiger charge is 2.50. The predicted octanol–water partition coefficient (Wildman–Crippen LogP) is 2.46. The molecule has 194 valence electrons. The van der Waals surface area contributed by atoms with E-state index in [1.165, 1.54) is 12.5 Å². The topological polar surface area (TPSA) is 106 Å². The van der Waals surface area contributed by atoms with Gasteiger partial charge in [0.15, 0.2) is 6.29 Å². The number of alkyl halides is 3. The summed E-state index contributed by atoms with van der Waals surface area (Å²) in [6, 6.07) is -1.47. The van der Waals surface area contributed by atoms with Crippen LogP contribution in [0, 0.1) is 0 Å². The Labute approximate surface area is 193 Å². The lowest BCUT2D eigenvalue weighted by molar-refractivity contribution is -0.276. The van der Waals surface area contributed by atoms with E-state index in [1.54, 1.807) is 12.4 Å². The highest BCUT2D eigenvalue weighted by atomic mass is 19.4. The first-order valence-corrected chi connectivity index (χ1v) is 11.4. The monoisotopic (exact) mass is 485 g/mol. The van der Waals surface area contributed by atoms with E-state index in [-0.39, 0.29) is 19.3 Å². The van der Waals surface area contributed by atoms with Gasteiger partial charge in [-0.3, -0.25) is 4.79 Å². The van der Waals surface area contributed by atoms with E-state index in [4.69, 9.17) is 18.9 Å². The van der Waals surface area contributed by atoms with Crippen molar-refractivity contribution in [3.8, 4) is 0 Å². The molecular formula is C22H38F3NO7. The molecule has 0 spiro atoms. The largest absolute Gasteiger partial charge is 0.471 e. The molecule has 0 saturated carbocycles. The second-order valence-corrected chi connectivity index (χ2v) is 8.02. The third-order valence-electron chi connectivity index (χ3n) is 5.50. The van der Waals surface area contributed by atoms with Crippen molar-refractivity contribution in [1.82, 2.24) is 5.32 Å². The molecule has 8 nitrogen and oxygen atoms in total. The summed E-state index contributed by atoms with van der Waals surface area (Å²) in [7, 11) is 1.58. The van der Waals surface area contributed by atoms with E-state index in [0.29, 0.717) is 6.42 Å². The van der Waals surface area contributed by atoms with Gasteiger partial charge in [-0.25, -0.2) is 0 Å². The van der Waals surface area contributed by atoms with Crippen molar-refractivity contribution in [2.24, 2.45) is 0 Å². The highest BCUT2D eigenvalue weighted by molar-refractivity contribution is 5.82. The molecule has 11 heteroatoms. The second-order valence-electron chi connectivity index (χ2n) is 8.02. The molecule has 6 atom stereocenters. The minimum Gasteiger partial charge on any atom is -0.394 e. The van der Waals surface area contributed by atoms with Gasteiger partial charge in [-0.2, -0.15) is 13.2 Å². The van der Waals surface area contributed by atoms with Crippen LogP contribution in [-0.2, 0) is 23.7 Å². The molecule has 1 aliphatic rings. The summed E-state index contributed by atoms with van der Waals surface area (Å²) in [5, 5.41) is 21.9. The Morgan fingerprint density at radius 3 is 2.48 bits per heavy atom. The van der Waals surface area contributed by atoms with Crippen molar-refractivity contribution in [1.29, 1.82) is 0 Å². The number of carbonyl (C=O) groups excluding carboxylic acids is 1. The number of aliphatic hydroxyl groups is 2. The Morgan fingerprint density at radius 1 is 1.21 bits per heavy atom. The van der Waals surface area contributed by atoms with Gasteiger partial charge < -0.3 is 34.5 Å². The number of carbonyl (C=O) groups is 1. The Bertz CT molecular complexity index is 565. The van der Waals surface area contributed by atoms with E-state index < -0.39 is 49.3 Å². The average Bonchev–Trinajstić information content (AvgIpc) is 2.78. The smallest absolute Gasteiger partial charge is 0.394 e. The first-order chi connectivity index (χ1) is 15.7. The minimum atomic E-state index is -5.15. The third-order valence-corrected chi connectivity index (χ3v) is 5.50. The van der Waals surface area contributed by atoms with Crippen molar-refractivity contribution in [2.45, 2.75) is 94.8 Å². The minimum absolute atomic E-state index is 0.0555. The Kier molecular flexibility index (Phi) is 14.1. The number of hydrogen-bond donors (Lipinski definition) is 3. The van der Waals surface area contributed by atoms with Crippen molar-refractivity contribution in [3.05, 3.63) is 12.7 Å². The molecule has 33 heavy (non-hydrogen) atoms. The number of amides is 1. The molecule has 0 aromatic carbocycles. The van der Waals surface area contributed by atoms with Crippen LogP contribution in [0.5, 0.6) is 0 Å². The van der Waals surface area contributed by atoms with Crippen LogP contribution in [0.1, 0.15) is 51.9 Å². The zero-order valence-corrected chi connectivity index (χ0v) is 19.4. The summed E-state index contributed by atoms with van der Waals surface area (Å²) in [4.78, 5) is 11.6. The van der Waals surface area contributed by atoms with E-state index in [1.807, 2.05) is 0 Å². The Hall–Kier alpha value is -1.24.